The molecule has 1 fully saturated rings. The molecule has 21 heavy (non-hydrogen) atoms. The van der Waals surface area contributed by atoms with Gasteiger partial charge in [0.15, 0.2) is 0 Å². The third-order valence-corrected chi connectivity index (χ3v) is 3.65. The summed E-state index contributed by atoms with van der Waals surface area (Å²) in [5, 5.41) is 2.94. The monoisotopic (exact) mass is 288 g/mol. The molecule has 0 radical (unpaired) electrons. The Balaban J connectivity index is 1.81. The number of nitrogens with zero attached hydrogens (tertiary/aromatic N) is 1. The van der Waals surface area contributed by atoms with Crippen molar-refractivity contribution in [3.63, 3.8) is 0 Å². The lowest BCUT2D eigenvalue weighted by Crippen LogP contribution is -2.50. The van der Waals surface area contributed by atoms with Crippen molar-refractivity contribution in [1.82, 2.24) is 10.4 Å². The number of hydrogen-bond donors (Lipinski definition) is 1. The first-order chi connectivity index (χ1) is 9.92. The van der Waals surface area contributed by atoms with E-state index in [0.717, 1.165) is 0 Å². The Morgan fingerprint density at radius 1 is 1.19 bits per heavy atom. The highest BCUT2D eigenvalue weighted by molar-refractivity contribution is 6.21. The molecule has 0 aromatic heterocycles. The summed E-state index contributed by atoms with van der Waals surface area (Å²) in [5.74, 6) is -2.46. The second-order valence-corrected chi connectivity index (χ2v) is 5.21. The van der Waals surface area contributed by atoms with Gasteiger partial charge in [-0.05, 0) is 25.5 Å². The van der Waals surface area contributed by atoms with Crippen LogP contribution in [-0.2, 0) is 14.4 Å². The van der Waals surface area contributed by atoms with Crippen LogP contribution in [0.4, 0.5) is 0 Å². The summed E-state index contributed by atoms with van der Waals surface area (Å²) in [7, 11) is 0. The van der Waals surface area contributed by atoms with Crippen molar-refractivity contribution >= 4 is 23.7 Å². The van der Waals surface area contributed by atoms with Gasteiger partial charge < -0.3 is 10.2 Å². The number of hydroxylamine groups is 2. The lowest BCUT2D eigenvalue weighted by atomic mass is 10.0. The van der Waals surface area contributed by atoms with E-state index in [9.17, 15) is 19.2 Å². The molecule has 2 heterocycles. The van der Waals surface area contributed by atoms with Gasteiger partial charge in [0, 0.05) is 6.42 Å². The summed E-state index contributed by atoms with van der Waals surface area (Å²) in [5.41, 5.74) is -0.835. The number of fused-ring (bicyclic) bond motifs is 1. The molecule has 0 saturated carbocycles. The predicted molar refractivity (Wildman–Crippen MR) is 68.8 cm³/mol. The highest BCUT2D eigenvalue weighted by Crippen LogP contribution is 2.26. The third kappa shape index (κ3) is 1.97. The number of imide groups is 1. The molecule has 7 nitrogen and oxygen atoms in total. The van der Waals surface area contributed by atoms with Crippen LogP contribution in [0.3, 0.4) is 0 Å². The van der Waals surface area contributed by atoms with Crippen molar-refractivity contribution in [3.8, 4) is 0 Å². The topological polar surface area (TPSA) is 92.8 Å². The molecule has 108 valence electrons. The number of amides is 3. The summed E-state index contributed by atoms with van der Waals surface area (Å²) >= 11 is 0. The van der Waals surface area contributed by atoms with E-state index in [1.54, 1.807) is 12.1 Å². The highest BCUT2D eigenvalue weighted by atomic mass is 16.7. The SMILES string of the molecule is CC1(C(=O)ON2C(=O)c3ccccc3C2=O)CCC(=O)N1. The zero-order chi connectivity index (χ0) is 15.2. The molecule has 1 aromatic rings. The largest absolute Gasteiger partial charge is 0.358 e. The van der Waals surface area contributed by atoms with E-state index in [-0.39, 0.29) is 29.9 Å². The lowest BCUT2D eigenvalue weighted by molar-refractivity contribution is -0.175. The van der Waals surface area contributed by atoms with Gasteiger partial charge in [0.25, 0.3) is 11.8 Å². The standard InChI is InChI=1S/C14H12N2O5/c1-14(7-6-10(17)15-14)13(20)21-16-11(18)8-4-2-3-5-9(8)12(16)19/h2-5H,6-7H2,1H3,(H,15,17). The first-order valence-electron chi connectivity index (χ1n) is 6.43. The molecule has 2 aliphatic rings. The molecule has 0 spiro atoms. The van der Waals surface area contributed by atoms with Crippen LogP contribution in [0.25, 0.3) is 0 Å². The van der Waals surface area contributed by atoms with Crippen LogP contribution in [0.2, 0.25) is 0 Å². The number of nitrogens with one attached hydrogen (secondary N) is 1. The fourth-order valence-electron chi connectivity index (χ4n) is 2.38. The summed E-state index contributed by atoms with van der Waals surface area (Å²) in [6.07, 6.45) is 0.460. The van der Waals surface area contributed by atoms with Crippen LogP contribution in [0.15, 0.2) is 24.3 Å². The Bertz CT molecular complexity index is 649. The molecule has 1 atom stereocenters. The molecular weight excluding hydrogens is 276 g/mol. The van der Waals surface area contributed by atoms with Gasteiger partial charge >= 0.3 is 5.97 Å². The average Bonchev–Trinajstić information content (AvgIpc) is 2.93. The minimum Gasteiger partial charge on any atom is -0.340 e. The van der Waals surface area contributed by atoms with Gasteiger partial charge in [-0.1, -0.05) is 17.2 Å². The second-order valence-electron chi connectivity index (χ2n) is 5.21. The number of carbonyl (C=O) groups excluding carboxylic acids is 4. The summed E-state index contributed by atoms with van der Waals surface area (Å²) < 4.78 is 0. The maximum absolute atomic E-state index is 12.1. The minimum atomic E-state index is -1.22. The zero-order valence-corrected chi connectivity index (χ0v) is 11.2. The molecule has 1 aromatic carbocycles. The molecule has 1 unspecified atom stereocenters. The van der Waals surface area contributed by atoms with E-state index in [1.807, 2.05) is 0 Å². The van der Waals surface area contributed by atoms with Gasteiger partial charge in [-0.25, -0.2) is 4.79 Å². The van der Waals surface area contributed by atoms with E-state index in [1.165, 1.54) is 19.1 Å². The predicted octanol–water partition coefficient (Wildman–Crippen LogP) is 0.410. The molecule has 7 heteroatoms. The number of hydrogen-bond acceptors (Lipinski definition) is 5. The van der Waals surface area contributed by atoms with Crippen molar-refractivity contribution in [2.45, 2.75) is 25.3 Å². The quantitative estimate of drug-likeness (QED) is 0.796. The fraction of sp³-hybridized carbons (Fsp3) is 0.286. The Morgan fingerprint density at radius 3 is 2.24 bits per heavy atom. The van der Waals surface area contributed by atoms with Crippen molar-refractivity contribution in [2.75, 3.05) is 0 Å². The Labute approximate surface area is 119 Å². The summed E-state index contributed by atoms with van der Waals surface area (Å²) in [6.45, 7) is 1.50. The summed E-state index contributed by atoms with van der Waals surface area (Å²) in [4.78, 5) is 52.4. The van der Waals surface area contributed by atoms with Crippen LogP contribution >= 0.6 is 0 Å². The molecule has 1 N–H and O–H groups in total. The van der Waals surface area contributed by atoms with Crippen LogP contribution in [0.1, 0.15) is 40.5 Å². The van der Waals surface area contributed by atoms with Crippen molar-refractivity contribution in [1.29, 1.82) is 0 Å². The van der Waals surface area contributed by atoms with Gasteiger partial charge in [0.1, 0.15) is 5.54 Å². The third-order valence-electron chi connectivity index (χ3n) is 3.65. The first-order valence-corrected chi connectivity index (χ1v) is 6.43. The molecular formula is C14H12N2O5. The smallest absolute Gasteiger partial charge is 0.340 e. The maximum atomic E-state index is 12.1. The van der Waals surface area contributed by atoms with Crippen LogP contribution in [0, 0.1) is 0 Å². The van der Waals surface area contributed by atoms with Gasteiger partial charge in [-0.3, -0.25) is 14.4 Å². The van der Waals surface area contributed by atoms with Gasteiger partial charge in [-0.15, -0.1) is 0 Å². The van der Waals surface area contributed by atoms with E-state index in [2.05, 4.69) is 5.32 Å². The second kappa shape index (κ2) is 4.41. The van der Waals surface area contributed by atoms with E-state index in [0.29, 0.717) is 5.06 Å². The Kier molecular flexibility index (Phi) is 2.79. The number of carbonyl (C=O) groups is 4. The van der Waals surface area contributed by atoms with Crippen molar-refractivity contribution in [2.24, 2.45) is 0 Å². The summed E-state index contributed by atoms with van der Waals surface area (Å²) in [6, 6.07) is 6.21. The Morgan fingerprint density at radius 2 is 1.76 bits per heavy atom. The maximum Gasteiger partial charge on any atom is 0.358 e. The van der Waals surface area contributed by atoms with E-state index < -0.39 is 23.3 Å². The number of rotatable bonds is 2. The van der Waals surface area contributed by atoms with Crippen LogP contribution < -0.4 is 5.32 Å². The number of benzene rings is 1. The van der Waals surface area contributed by atoms with E-state index >= 15 is 0 Å². The molecule has 3 amide bonds. The molecule has 2 aliphatic heterocycles. The molecule has 3 rings (SSSR count). The van der Waals surface area contributed by atoms with Crippen LogP contribution in [0.5, 0.6) is 0 Å². The van der Waals surface area contributed by atoms with E-state index in [4.69, 9.17) is 4.84 Å². The average molecular weight is 288 g/mol. The van der Waals surface area contributed by atoms with Crippen molar-refractivity contribution in [3.05, 3.63) is 35.4 Å². The van der Waals surface area contributed by atoms with Crippen molar-refractivity contribution < 1.29 is 24.0 Å². The zero-order valence-electron chi connectivity index (χ0n) is 11.2. The first kappa shape index (κ1) is 13.3. The molecule has 1 saturated heterocycles. The lowest BCUT2D eigenvalue weighted by Gasteiger charge is -2.23. The normalized spacial score (nSPS) is 24.0. The van der Waals surface area contributed by atoms with Gasteiger partial charge in [0.05, 0.1) is 11.1 Å². The van der Waals surface area contributed by atoms with Gasteiger partial charge in [-0.2, -0.15) is 0 Å². The Hall–Kier alpha value is -2.70. The van der Waals surface area contributed by atoms with Crippen LogP contribution in [-0.4, -0.2) is 34.3 Å². The highest BCUT2D eigenvalue weighted by Gasteiger charge is 2.46. The fourth-order valence-corrected chi connectivity index (χ4v) is 2.38. The van der Waals surface area contributed by atoms with Gasteiger partial charge in [0.2, 0.25) is 5.91 Å². The minimum absolute atomic E-state index is 0.191. The molecule has 0 aliphatic carbocycles. The molecule has 0 bridgehead atoms.